The third-order valence-electron chi connectivity index (χ3n) is 7.19. The molecule has 0 bridgehead atoms. The molecule has 7 nitrogen and oxygen atoms in total. The van der Waals surface area contributed by atoms with E-state index in [1.165, 1.54) is 12.1 Å². The van der Waals surface area contributed by atoms with Gasteiger partial charge in [-0.25, -0.2) is 23.1 Å². The first-order chi connectivity index (χ1) is 18.5. The van der Waals surface area contributed by atoms with Crippen LogP contribution in [0.3, 0.4) is 0 Å². The number of imidazole rings is 1. The number of hydrogen-bond acceptors (Lipinski definition) is 5. The number of pyridine rings is 2. The number of halogens is 3. The number of hydrogen-bond donors (Lipinski definition) is 2. The van der Waals surface area contributed by atoms with Gasteiger partial charge >= 0.3 is 0 Å². The third kappa shape index (κ3) is 4.60. The largest absolute Gasteiger partial charge is 0.381 e. The number of rotatable bonds is 8. The molecule has 0 radical (unpaired) electrons. The first kappa shape index (κ1) is 24.4. The zero-order valence-electron chi connectivity index (χ0n) is 20.5. The smallest absolute Gasteiger partial charge is 0.254 e. The Morgan fingerprint density at radius 1 is 1.21 bits per heavy atom. The molecule has 196 valence electrons. The summed E-state index contributed by atoms with van der Waals surface area (Å²) in [5.74, 6) is 0.163. The number of benzene rings is 1. The number of fused-ring (bicyclic) bond motifs is 2. The van der Waals surface area contributed by atoms with Gasteiger partial charge in [-0.2, -0.15) is 0 Å². The van der Waals surface area contributed by atoms with Gasteiger partial charge in [-0.15, -0.1) is 0 Å². The Hall–Kier alpha value is -3.92. The predicted molar refractivity (Wildman–Crippen MR) is 136 cm³/mol. The molecule has 38 heavy (non-hydrogen) atoms. The Labute approximate surface area is 217 Å². The monoisotopic (exact) mass is 521 g/mol. The van der Waals surface area contributed by atoms with E-state index in [2.05, 4.69) is 15.6 Å². The fourth-order valence-electron chi connectivity index (χ4n) is 5.34. The van der Waals surface area contributed by atoms with Gasteiger partial charge < -0.3 is 15.4 Å². The van der Waals surface area contributed by atoms with Crippen LogP contribution in [-0.4, -0.2) is 39.9 Å². The van der Waals surface area contributed by atoms with Crippen LogP contribution in [0.1, 0.15) is 52.4 Å². The summed E-state index contributed by atoms with van der Waals surface area (Å²) in [5, 5.41) is 6.18. The summed E-state index contributed by atoms with van der Waals surface area (Å²) >= 11 is 0. The van der Waals surface area contributed by atoms with Crippen LogP contribution >= 0.6 is 0 Å². The molecule has 0 spiro atoms. The zero-order valence-corrected chi connectivity index (χ0v) is 20.5. The first-order valence-electron chi connectivity index (χ1n) is 12.7. The Morgan fingerprint density at radius 2 is 2.11 bits per heavy atom. The number of carbonyl (C=O) groups is 1. The molecular weight excluding hydrogens is 495 g/mol. The van der Waals surface area contributed by atoms with Gasteiger partial charge in [0.05, 0.1) is 29.7 Å². The number of alkyl halides is 2. The summed E-state index contributed by atoms with van der Waals surface area (Å²) < 4.78 is 46.6. The topological polar surface area (TPSA) is 80.6 Å². The van der Waals surface area contributed by atoms with Crippen molar-refractivity contribution in [1.29, 1.82) is 0 Å². The second-order valence-electron chi connectivity index (χ2n) is 9.61. The first-order valence-corrected chi connectivity index (χ1v) is 12.7. The highest BCUT2D eigenvalue weighted by molar-refractivity contribution is 6.06. The van der Waals surface area contributed by atoms with Crippen molar-refractivity contribution in [3.8, 4) is 11.3 Å². The van der Waals surface area contributed by atoms with Crippen molar-refractivity contribution >= 4 is 23.1 Å². The maximum atomic E-state index is 13.7. The molecule has 1 amide bonds. The predicted octanol–water partition coefficient (Wildman–Crippen LogP) is 5.61. The Bertz CT molecular complexity index is 1510. The quantitative estimate of drug-likeness (QED) is 0.315. The van der Waals surface area contributed by atoms with Crippen LogP contribution in [0.25, 0.3) is 16.9 Å². The van der Waals surface area contributed by atoms with E-state index in [9.17, 15) is 18.0 Å². The lowest BCUT2D eigenvalue weighted by molar-refractivity contribution is 0.0966. The maximum absolute atomic E-state index is 13.7. The Kier molecular flexibility index (Phi) is 6.49. The Balaban J connectivity index is 1.34. The molecule has 1 atom stereocenters. The standard InChI is InChI=1S/C28H26F3N5O2/c29-17-8-10-36-23(14-32-26(36)12-17)19-4-6-22(27-20(19)13-33-28(27)37)35-25-7-5-18(16-9-11-38-15-16)21(34-25)2-1-3-24(30)31/h4-8,10,12,14,16,24H,1-3,9,11,13,15H2,(H,33,37)(H,34,35)/t16-/m0/s1. The van der Waals surface area contributed by atoms with Crippen LogP contribution < -0.4 is 10.6 Å². The van der Waals surface area contributed by atoms with E-state index in [1.54, 1.807) is 16.8 Å². The van der Waals surface area contributed by atoms with Crippen LogP contribution in [0.2, 0.25) is 0 Å². The second-order valence-corrected chi connectivity index (χ2v) is 9.61. The van der Waals surface area contributed by atoms with E-state index >= 15 is 0 Å². The van der Waals surface area contributed by atoms with Gasteiger partial charge in [0.1, 0.15) is 17.3 Å². The highest BCUT2D eigenvalue weighted by Crippen LogP contribution is 2.36. The molecule has 5 heterocycles. The third-order valence-corrected chi connectivity index (χ3v) is 7.19. The molecule has 0 saturated carbocycles. The summed E-state index contributed by atoms with van der Waals surface area (Å²) in [5.41, 5.74) is 5.77. The summed E-state index contributed by atoms with van der Waals surface area (Å²) in [4.78, 5) is 22.0. The average Bonchev–Trinajstić information content (AvgIpc) is 3.65. The van der Waals surface area contributed by atoms with E-state index in [1.807, 2.05) is 24.3 Å². The normalized spacial score (nSPS) is 16.8. The lowest BCUT2D eigenvalue weighted by atomic mass is 9.94. The summed E-state index contributed by atoms with van der Waals surface area (Å²) in [6.45, 7) is 1.62. The lowest BCUT2D eigenvalue weighted by Gasteiger charge is -2.17. The SMILES string of the molecule is O=C1NCc2c(-c3cnc4cc(F)ccn34)ccc(Nc3ccc([C@H]4CCOC4)c(CCCC(F)F)n3)c21. The number of aryl methyl sites for hydroxylation is 1. The van der Waals surface area contributed by atoms with Crippen molar-refractivity contribution in [3.63, 3.8) is 0 Å². The molecule has 1 fully saturated rings. The van der Waals surface area contributed by atoms with Crippen molar-refractivity contribution in [2.24, 2.45) is 0 Å². The number of anilines is 2. The van der Waals surface area contributed by atoms with Gasteiger partial charge in [0.25, 0.3) is 5.91 Å². The lowest BCUT2D eigenvalue weighted by Crippen LogP contribution is -2.14. The Morgan fingerprint density at radius 3 is 2.92 bits per heavy atom. The number of carbonyl (C=O) groups excluding carboxylic acids is 1. The molecule has 1 aromatic carbocycles. The molecule has 10 heteroatoms. The molecule has 6 rings (SSSR count). The van der Waals surface area contributed by atoms with Crippen LogP contribution in [0.15, 0.2) is 48.8 Å². The van der Waals surface area contributed by atoms with Crippen molar-refractivity contribution in [2.75, 3.05) is 18.5 Å². The highest BCUT2D eigenvalue weighted by Gasteiger charge is 2.28. The molecular formula is C28H26F3N5O2. The molecule has 0 unspecified atom stereocenters. The van der Waals surface area contributed by atoms with E-state index < -0.39 is 6.43 Å². The summed E-state index contributed by atoms with van der Waals surface area (Å²) in [6.07, 6.45) is 2.42. The highest BCUT2D eigenvalue weighted by atomic mass is 19.3. The van der Waals surface area contributed by atoms with Crippen molar-refractivity contribution in [1.82, 2.24) is 19.7 Å². The molecule has 2 aliphatic heterocycles. The zero-order chi connectivity index (χ0) is 26.2. The van der Waals surface area contributed by atoms with E-state index in [4.69, 9.17) is 9.72 Å². The molecule has 1 saturated heterocycles. The van der Waals surface area contributed by atoms with E-state index in [0.717, 1.165) is 34.5 Å². The number of nitrogens with one attached hydrogen (secondary N) is 2. The summed E-state index contributed by atoms with van der Waals surface area (Å²) in [6, 6.07) is 10.3. The van der Waals surface area contributed by atoms with Gasteiger partial charge in [0.15, 0.2) is 0 Å². The molecule has 2 N–H and O–H groups in total. The fourth-order valence-corrected chi connectivity index (χ4v) is 5.34. The van der Waals surface area contributed by atoms with Crippen LogP contribution in [0, 0.1) is 5.82 Å². The molecule has 4 aromatic rings. The molecule has 2 aliphatic rings. The van der Waals surface area contributed by atoms with Crippen molar-refractivity contribution < 1.29 is 22.7 Å². The van der Waals surface area contributed by atoms with Crippen LogP contribution in [0.5, 0.6) is 0 Å². The average molecular weight is 522 g/mol. The van der Waals surface area contributed by atoms with Gasteiger partial charge in [-0.05, 0) is 48.6 Å². The van der Waals surface area contributed by atoms with Gasteiger partial charge in [0, 0.05) is 49.0 Å². The van der Waals surface area contributed by atoms with Gasteiger partial charge in [-0.3, -0.25) is 9.20 Å². The molecule has 3 aromatic heterocycles. The minimum absolute atomic E-state index is 0.176. The van der Waals surface area contributed by atoms with Gasteiger partial charge in [-0.1, -0.05) is 12.1 Å². The minimum atomic E-state index is -2.35. The second kappa shape index (κ2) is 10.1. The van der Waals surface area contributed by atoms with E-state index in [-0.39, 0.29) is 24.1 Å². The fraction of sp³-hybridized carbons (Fsp3) is 0.321. The van der Waals surface area contributed by atoms with Crippen molar-refractivity contribution in [2.45, 2.75) is 44.6 Å². The number of ether oxygens (including phenoxy) is 1. The molecule has 0 aliphatic carbocycles. The minimum Gasteiger partial charge on any atom is -0.381 e. The number of nitrogens with zero attached hydrogens (tertiary/aromatic N) is 3. The maximum Gasteiger partial charge on any atom is 0.254 e. The van der Waals surface area contributed by atoms with Crippen LogP contribution in [0.4, 0.5) is 24.7 Å². The van der Waals surface area contributed by atoms with E-state index in [0.29, 0.717) is 55.3 Å². The van der Waals surface area contributed by atoms with Gasteiger partial charge in [0.2, 0.25) is 6.43 Å². The number of amides is 1. The number of aromatic nitrogens is 3. The summed E-state index contributed by atoms with van der Waals surface area (Å²) in [7, 11) is 0. The van der Waals surface area contributed by atoms with Crippen LogP contribution in [-0.2, 0) is 17.7 Å². The van der Waals surface area contributed by atoms with Crippen molar-refractivity contribution in [3.05, 3.63) is 77.0 Å².